The van der Waals surface area contributed by atoms with Crippen molar-refractivity contribution in [2.45, 2.75) is 0 Å². The molecule has 6 N–H and O–H groups in total. The van der Waals surface area contributed by atoms with Crippen molar-refractivity contribution < 1.29 is 48.3 Å². The molecule has 37 valence electrons. The van der Waals surface area contributed by atoms with E-state index in [1.165, 1.54) is 0 Å². The molecule has 0 aromatic carbocycles. The molecule has 5 heteroatoms. The average molecular weight is 191 g/mol. The molecule has 0 aromatic rings. The van der Waals surface area contributed by atoms with Gasteiger partial charge in [0.15, 0.2) is 0 Å². The quantitative estimate of drug-likeness (QED) is 0.341. The third kappa shape index (κ3) is 59.4. The second kappa shape index (κ2) is 110. The van der Waals surface area contributed by atoms with Crippen molar-refractivity contribution in [3.8, 4) is 0 Å². The fraction of sp³-hybridized carbons (Fsp3) is 0. The second-order valence-electron chi connectivity index (χ2n) is 0. The first-order chi connectivity index (χ1) is 0. The topological polar surface area (TPSA) is 94.5 Å². The molecule has 0 amide bonds. The van der Waals surface area contributed by atoms with E-state index < -0.39 is 0 Å². The van der Waals surface area contributed by atoms with Gasteiger partial charge >= 0.3 is 19.5 Å². The van der Waals surface area contributed by atoms with Crippen molar-refractivity contribution in [2.75, 3.05) is 0 Å². The molecule has 0 bridgehead atoms. The van der Waals surface area contributed by atoms with Crippen LogP contribution in [-0.4, -0.2) is 16.4 Å². The van der Waals surface area contributed by atoms with Crippen LogP contribution in [0.3, 0.4) is 0 Å². The summed E-state index contributed by atoms with van der Waals surface area (Å²) in [6.45, 7) is 0. The smallest absolute Gasteiger partial charge is 1.00 e. The summed E-state index contributed by atoms with van der Waals surface area (Å²) in [7, 11) is 0. The van der Waals surface area contributed by atoms with Gasteiger partial charge in [0.25, 0.3) is 0 Å². The van der Waals surface area contributed by atoms with Crippen LogP contribution in [0.5, 0.6) is 0 Å². The van der Waals surface area contributed by atoms with Crippen LogP contribution in [0.4, 0.5) is 0 Å². The first-order valence-electron chi connectivity index (χ1n) is 0. The van der Waals surface area contributed by atoms with Gasteiger partial charge in [0.05, 0.1) is 0 Å². The Labute approximate surface area is 48.8 Å². The number of hydrogen-bond donors (Lipinski definition) is 0. The summed E-state index contributed by atoms with van der Waals surface area (Å²) in [5.41, 5.74) is 0. The summed E-state index contributed by atoms with van der Waals surface area (Å²) in [6, 6.07) is 0. The molecular weight excluding hydrogens is 185 g/mol. The van der Waals surface area contributed by atoms with Gasteiger partial charge in [0.1, 0.15) is 0 Å². The number of halogens is 1. The molecule has 3 nitrogen and oxygen atoms in total. The molecule has 0 fully saturated rings. The van der Waals surface area contributed by atoms with E-state index in [1.807, 2.05) is 0 Å². The molecule has 0 aromatic heterocycles. The average Bonchev–Trinajstić information content (AvgIpc) is 0. The predicted molar refractivity (Wildman–Crippen MR) is 10.8 cm³/mol. The minimum absolute atomic E-state index is 0. The zero-order valence-corrected chi connectivity index (χ0v) is 4.73. The minimum Gasteiger partial charge on any atom is -1.00 e. The molecule has 0 aliphatic heterocycles. The Bertz CT molecular complexity index is 6.85. The van der Waals surface area contributed by atoms with Crippen LogP contribution in [0.25, 0.3) is 0 Å². The van der Waals surface area contributed by atoms with Crippen LogP contribution in [0.2, 0.25) is 0 Å². The third-order valence-electron chi connectivity index (χ3n) is 0. The van der Waals surface area contributed by atoms with Gasteiger partial charge < -0.3 is 28.8 Å². The van der Waals surface area contributed by atoms with E-state index in [0.717, 1.165) is 0 Å². The molecule has 0 saturated carbocycles. The maximum absolute atomic E-state index is 0. The van der Waals surface area contributed by atoms with Crippen molar-refractivity contribution in [2.24, 2.45) is 0 Å². The van der Waals surface area contributed by atoms with Crippen molar-refractivity contribution in [3.63, 3.8) is 0 Å². The third-order valence-corrected chi connectivity index (χ3v) is 0. The summed E-state index contributed by atoms with van der Waals surface area (Å²) in [6.07, 6.45) is 0. The van der Waals surface area contributed by atoms with E-state index in [9.17, 15) is 0 Å². The van der Waals surface area contributed by atoms with Gasteiger partial charge in [0, 0.05) is 0 Å². The second-order valence-corrected chi connectivity index (χ2v) is 0. The predicted octanol–water partition coefficient (Wildman–Crippen LogP) is -5.47. The van der Waals surface area contributed by atoms with E-state index in [-0.39, 0.29) is 48.3 Å². The molecule has 1 radical (unpaired) electrons. The molecule has 0 aliphatic carbocycles. The Morgan fingerprint density at radius 1 is 0.600 bits per heavy atom. The van der Waals surface area contributed by atoms with Gasteiger partial charge in [-0.25, -0.2) is 0 Å². The van der Waals surface area contributed by atoms with Crippen LogP contribution < -0.4 is 12.4 Å². The van der Waals surface area contributed by atoms with Crippen LogP contribution in [0.15, 0.2) is 0 Å². The fourth-order valence-electron chi connectivity index (χ4n) is 0. The molecule has 0 atom stereocenters. The maximum Gasteiger partial charge on any atom is 3.00 e. The maximum atomic E-state index is 0. The van der Waals surface area contributed by atoms with Crippen LogP contribution in [-0.2, 0) is 19.5 Å². The molecule has 0 aliphatic rings. The van der Waals surface area contributed by atoms with Crippen molar-refractivity contribution in [1.82, 2.24) is 0 Å². The summed E-state index contributed by atoms with van der Waals surface area (Å²) in [5, 5.41) is 0. The summed E-state index contributed by atoms with van der Waals surface area (Å²) < 4.78 is 0. The first kappa shape index (κ1) is 211. The van der Waals surface area contributed by atoms with Gasteiger partial charge in [-0.05, 0) is 0 Å². The first-order valence-corrected chi connectivity index (χ1v) is 0. The normalized spacial score (nSPS) is 0. The summed E-state index contributed by atoms with van der Waals surface area (Å²) in [5.74, 6) is 0. The molecule has 5 heavy (non-hydrogen) atoms. The van der Waals surface area contributed by atoms with Crippen molar-refractivity contribution >= 4 is 0 Å². The number of hydrogen-bond acceptors (Lipinski definition) is 0. The zero-order chi connectivity index (χ0) is 0. The largest absolute Gasteiger partial charge is 3.00 e. The Balaban J connectivity index is 0. The van der Waals surface area contributed by atoms with E-state index in [0.29, 0.717) is 0 Å². The zero-order valence-electron chi connectivity index (χ0n) is 2.23. The fourth-order valence-corrected chi connectivity index (χ4v) is 0. The minimum atomic E-state index is 0. The van der Waals surface area contributed by atoms with Gasteiger partial charge in [-0.1, -0.05) is 0 Å². The van der Waals surface area contributed by atoms with Crippen molar-refractivity contribution in [3.05, 3.63) is 0 Å². The van der Waals surface area contributed by atoms with E-state index in [2.05, 4.69) is 0 Å². The van der Waals surface area contributed by atoms with Crippen LogP contribution in [0.1, 0.15) is 0 Å². The molecule has 0 spiro atoms. The van der Waals surface area contributed by atoms with Gasteiger partial charge in [0.2, 0.25) is 0 Å². The molecule has 0 saturated heterocycles. The number of rotatable bonds is 0. The van der Waals surface area contributed by atoms with E-state index in [4.69, 9.17) is 0 Å². The molecule has 0 unspecified atom stereocenters. The molecule has 0 rings (SSSR count). The SMILES string of the molecule is O.O.O.[Cl-].[Ru+3]. The molecule has 0 heterocycles. The Morgan fingerprint density at radius 2 is 0.600 bits per heavy atom. The van der Waals surface area contributed by atoms with Crippen LogP contribution in [0, 0.1) is 0 Å². The van der Waals surface area contributed by atoms with Gasteiger partial charge in [-0.2, -0.15) is 0 Å². The standard InChI is InChI=1S/ClH.3H2O.Ru/h1H;3*1H2;/q;;;;+3/p-1. The van der Waals surface area contributed by atoms with E-state index >= 15 is 0 Å². The van der Waals surface area contributed by atoms with Gasteiger partial charge in [-0.15, -0.1) is 0 Å². The van der Waals surface area contributed by atoms with Gasteiger partial charge in [-0.3, -0.25) is 0 Å². The molecular formula is H6ClO3Ru+2. The summed E-state index contributed by atoms with van der Waals surface area (Å²) in [4.78, 5) is 0. The monoisotopic (exact) mass is 191 g/mol. The van der Waals surface area contributed by atoms with Crippen LogP contribution >= 0.6 is 0 Å². The Kier molecular flexibility index (Phi) is 4630. The van der Waals surface area contributed by atoms with Crippen molar-refractivity contribution in [1.29, 1.82) is 0 Å². The summed E-state index contributed by atoms with van der Waals surface area (Å²) >= 11 is 0. The Hall–Kier alpha value is 0.793. The Morgan fingerprint density at radius 3 is 0.600 bits per heavy atom. The van der Waals surface area contributed by atoms with E-state index in [1.54, 1.807) is 0 Å².